The van der Waals surface area contributed by atoms with Gasteiger partial charge in [0.2, 0.25) is 0 Å². The van der Waals surface area contributed by atoms with Crippen molar-refractivity contribution < 1.29 is 9.53 Å². The lowest BCUT2D eigenvalue weighted by Crippen LogP contribution is -2.31. The number of ether oxygens (including phenoxy) is 1. The molecule has 3 rings (SSSR count). The molecular formula is C23H27N3O2. The van der Waals surface area contributed by atoms with Crippen molar-refractivity contribution in [2.45, 2.75) is 27.3 Å². The predicted octanol–water partition coefficient (Wildman–Crippen LogP) is 4.01. The third-order valence-electron chi connectivity index (χ3n) is 4.80. The minimum Gasteiger partial charge on any atom is -0.492 e. The van der Waals surface area contributed by atoms with E-state index >= 15 is 0 Å². The van der Waals surface area contributed by atoms with Gasteiger partial charge in [0.15, 0.2) is 0 Å². The van der Waals surface area contributed by atoms with Gasteiger partial charge in [-0.15, -0.1) is 0 Å². The van der Waals surface area contributed by atoms with Crippen LogP contribution in [-0.4, -0.2) is 40.8 Å². The number of hydrogen-bond acceptors (Lipinski definition) is 3. The van der Waals surface area contributed by atoms with Gasteiger partial charge >= 0.3 is 0 Å². The summed E-state index contributed by atoms with van der Waals surface area (Å²) in [6.07, 6.45) is 0. The number of carbonyl (C=O) groups excluding carboxylic acids is 1. The molecule has 3 aromatic rings. The standard InChI is InChI=1S/C23H27N3O2/c1-17-9-8-12-21(15-17)28-14-13-25(4)23(27)22-18(2)24-26(19(22)3)16-20-10-6-5-7-11-20/h5-12,15H,13-14,16H2,1-4H3. The molecule has 0 fully saturated rings. The Labute approximate surface area is 166 Å². The highest BCUT2D eigenvalue weighted by Gasteiger charge is 2.21. The Morgan fingerprint density at radius 1 is 1.07 bits per heavy atom. The summed E-state index contributed by atoms with van der Waals surface area (Å²) in [6.45, 7) is 7.48. The van der Waals surface area contributed by atoms with Crippen molar-refractivity contribution in [3.05, 3.63) is 82.7 Å². The Balaban J connectivity index is 1.64. The number of hydrogen-bond donors (Lipinski definition) is 0. The van der Waals surface area contributed by atoms with E-state index in [1.165, 1.54) is 0 Å². The molecular weight excluding hydrogens is 350 g/mol. The molecule has 0 unspecified atom stereocenters. The SMILES string of the molecule is Cc1cccc(OCCN(C)C(=O)c2c(C)nn(Cc3ccccc3)c2C)c1. The number of likely N-dealkylation sites (N-methyl/N-ethyl adjacent to an activating group) is 1. The third kappa shape index (κ3) is 4.60. The molecule has 0 atom stereocenters. The number of carbonyl (C=O) groups is 1. The zero-order valence-electron chi connectivity index (χ0n) is 17.0. The molecule has 0 bridgehead atoms. The van der Waals surface area contributed by atoms with Crippen molar-refractivity contribution in [2.75, 3.05) is 20.2 Å². The third-order valence-corrected chi connectivity index (χ3v) is 4.80. The fourth-order valence-electron chi connectivity index (χ4n) is 3.21. The van der Waals surface area contributed by atoms with Crippen LogP contribution in [0.3, 0.4) is 0 Å². The highest BCUT2D eigenvalue weighted by molar-refractivity contribution is 5.96. The van der Waals surface area contributed by atoms with Gasteiger partial charge in [0, 0.05) is 12.7 Å². The molecule has 0 aliphatic carbocycles. The quantitative estimate of drug-likeness (QED) is 0.625. The molecule has 146 valence electrons. The van der Waals surface area contributed by atoms with Gasteiger partial charge in [0.1, 0.15) is 12.4 Å². The minimum atomic E-state index is -0.0258. The Morgan fingerprint density at radius 3 is 2.54 bits per heavy atom. The second-order valence-electron chi connectivity index (χ2n) is 7.08. The van der Waals surface area contributed by atoms with Gasteiger partial charge in [-0.3, -0.25) is 9.48 Å². The molecule has 0 saturated heterocycles. The van der Waals surface area contributed by atoms with Crippen LogP contribution >= 0.6 is 0 Å². The Kier molecular flexibility index (Phi) is 6.14. The van der Waals surface area contributed by atoms with Gasteiger partial charge in [0.05, 0.1) is 24.3 Å². The number of rotatable bonds is 7. The van der Waals surface area contributed by atoms with Crippen LogP contribution in [0.25, 0.3) is 0 Å². The van der Waals surface area contributed by atoms with Crippen molar-refractivity contribution in [3.63, 3.8) is 0 Å². The summed E-state index contributed by atoms with van der Waals surface area (Å²) < 4.78 is 7.67. The fourth-order valence-corrected chi connectivity index (χ4v) is 3.21. The van der Waals surface area contributed by atoms with Gasteiger partial charge in [-0.2, -0.15) is 5.10 Å². The van der Waals surface area contributed by atoms with Crippen LogP contribution in [0.2, 0.25) is 0 Å². The van der Waals surface area contributed by atoms with E-state index in [0.717, 1.165) is 28.3 Å². The minimum absolute atomic E-state index is 0.0258. The summed E-state index contributed by atoms with van der Waals surface area (Å²) in [5.74, 6) is 0.797. The summed E-state index contributed by atoms with van der Waals surface area (Å²) in [7, 11) is 1.80. The maximum Gasteiger partial charge on any atom is 0.257 e. The fraction of sp³-hybridized carbons (Fsp3) is 0.304. The summed E-state index contributed by atoms with van der Waals surface area (Å²) in [6, 6.07) is 18.0. The van der Waals surface area contributed by atoms with E-state index in [0.29, 0.717) is 25.3 Å². The van der Waals surface area contributed by atoms with E-state index in [2.05, 4.69) is 17.2 Å². The largest absolute Gasteiger partial charge is 0.492 e. The first-order chi connectivity index (χ1) is 13.5. The van der Waals surface area contributed by atoms with Crippen molar-refractivity contribution in [3.8, 4) is 5.75 Å². The van der Waals surface area contributed by atoms with Crippen LogP contribution in [-0.2, 0) is 6.54 Å². The first-order valence-corrected chi connectivity index (χ1v) is 9.48. The topological polar surface area (TPSA) is 47.4 Å². The molecule has 5 nitrogen and oxygen atoms in total. The Morgan fingerprint density at radius 2 is 1.82 bits per heavy atom. The van der Waals surface area contributed by atoms with Gasteiger partial charge < -0.3 is 9.64 Å². The summed E-state index contributed by atoms with van der Waals surface area (Å²) >= 11 is 0. The lowest BCUT2D eigenvalue weighted by atomic mass is 10.1. The van der Waals surface area contributed by atoms with Gasteiger partial charge in [-0.25, -0.2) is 0 Å². The van der Waals surface area contributed by atoms with E-state index in [9.17, 15) is 4.79 Å². The monoisotopic (exact) mass is 377 g/mol. The first-order valence-electron chi connectivity index (χ1n) is 9.48. The second-order valence-corrected chi connectivity index (χ2v) is 7.08. The van der Waals surface area contributed by atoms with E-state index < -0.39 is 0 Å². The number of aryl methyl sites for hydroxylation is 2. The van der Waals surface area contributed by atoms with Gasteiger partial charge in [-0.05, 0) is 44.0 Å². The van der Waals surface area contributed by atoms with Gasteiger partial charge in [-0.1, -0.05) is 42.5 Å². The van der Waals surface area contributed by atoms with Crippen LogP contribution in [0.5, 0.6) is 5.75 Å². The molecule has 2 aromatic carbocycles. The van der Waals surface area contributed by atoms with E-state index in [-0.39, 0.29) is 5.91 Å². The summed E-state index contributed by atoms with van der Waals surface area (Å²) in [4.78, 5) is 14.7. The van der Waals surface area contributed by atoms with E-state index in [1.807, 2.05) is 67.9 Å². The number of nitrogens with zero attached hydrogens (tertiary/aromatic N) is 3. The van der Waals surface area contributed by atoms with E-state index in [1.54, 1.807) is 11.9 Å². The summed E-state index contributed by atoms with van der Waals surface area (Å²) in [5, 5.41) is 4.58. The Bertz CT molecular complexity index is 948. The molecule has 0 saturated carbocycles. The molecule has 0 radical (unpaired) electrons. The highest BCUT2D eigenvalue weighted by Crippen LogP contribution is 2.17. The zero-order chi connectivity index (χ0) is 20.1. The highest BCUT2D eigenvalue weighted by atomic mass is 16.5. The second kappa shape index (κ2) is 8.74. The average Bonchev–Trinajstić information content (AvgIpc) is 2.95. The molecule has 0 N–H and O–H groups in total. The van der Waals surface area contributed by atoms with Gasteiger partial charge in [0.25, 0.3) is 5.91 Å². The van der Waals surface area contributed by atoms with Crippen LogP contribution < -0.4 is 4.74 Å². The predicted molar refractivity (Wildman–Crippen MR) is 111 cm³/mol. The van der Waals surface area contributed by atoms with Crippen LogP contribution in [0.4, 0.5) is 0 Å². The summed E-state index contributed by atoms with van der Waals surface area (Å²) in [5.41, 5.74) is 4.63. The molecule has 0 aliphatic rings. The van der Waals surface area contributed by atoms with Crippen LogP contribution in [0.15, 0.2) is 54.6 Å². The number of aromatic nitrogens is 2. The Hall–Kier alpha value is -3.08. The lowest BCUT2D eigenvalue weighted by Gasteiger charge is -2.18. The van der Waals surface area contributed by atoms with Crippen molar-refractivity contribution in [1.82, 2.24) is 14.7 Å². The molecule has 1 heterocycles. The smallest absolute Gasteiger partial charge is 0.257 e. The maximum atomic E-state index is 13.0. The maximum absolute atomic E-state index is 13.0. The van der Waals surface area contributed by atoms with Crippen molar-refractivity contribution >= 4 is 5.91 Å². The average molecular weight is 377 g/mol. The first kappa shape index (κ1) is 19.7. The van der Waals surface area contributed by atoms with Crippen LogP contribution in [0.1, 0.15) is 32.9 Å². The molecule has 28 heavy (non-hydrogen) atoms. The number of benzene rings is 2. The molecule has 1 aromatic heterocycles. The van der Waals surface area contributed by atoms with Crippen molar-refractivity contribution in [1.29, 1.82) is 0 Å². The molecule has 0 spiro atoms. The zero-order valence-corrected chi connectivity index (χ0v) is 17.0. The molecule has 5 heteroatoms. The van der Waals surface area contributed by atoms with E-state index in [4.69, 9.17) is 4.74 Å². The van der Waals surface area contributed by atoms with Crippen molar-refractivity contribution in [2.24, 2.45) is 0 Å². The normalized spacial score (nSPS) is 10.7. The molecule has 0 aliphatic heterocycles. The lowest BCUT2D eigenvalue weighted by molar-refractivity contribution is 0.0772. The van der Waals surface area contributed by atoms with Crippen LogP contribution in [0, 0.1) is 20.8 Å². The molecule has 1 amide bonds. The number of amides is 1.